The van der Waals surface area contributed by atoms with Gasteiger partial charge < -0.3 is 4.57 Å². The van der Waals surface area contributed by atoms with Crippen LogP contribution < -0.4 is 0 Å². The summed E-state index contributed by atoms with van der Waals surface area (Å²) in [7, 11) is 0. The molecule has 0 radical (unpaired) electrons. The molecule has 0 amide bonds. The van der Waals surface area contributed by atoms with Crippen LogP contribution in [-0.4, -0.2) is 9.55 Å². The summed E-state index contributed by atoms with van der Waals surface area (Å²) in [6, 6.07) is 9.41. The third-order valence-electron chi connectivity index (χ3n) is 2.14. The Hall–Kier alpha value is -1.50. The van der Waals surface area contributed by atoms with E-state index in [0.29, 0.717) is 17.3 Å². The Morgan fingerprint density at radius 3 is 2.81 bits per heavy atom. The van der Waals surface area contributed by atoms with E-state index in [-0.39, 0.29) is 5.15 Å². The van der Waals surface area contributed by atoms with E-state index in [2.05, 4.69) is 11.1 Å². The summed E-state index contributed by atoms with van der Waals surface area (Å²) >= 11 is 11.7. The normalized spacial score (nSPS) is 10.1. The summed E-state index contributed by atoms with van der Waals surface area (Å²) in [4.78, 5) is 3.89. The van der Waals surface area contributed by atoms with Crippen LogP contribution in [0.5, 0.6) is 0 Å². The highest BCUT2D eigenvalue weighted by Crippen LogP contribution is 2.20. The maximum absolute atomic E-state index is 8.77. The predicted molar refractivity (Wildman–Crippen MR) is 62.5 cm³/mol. The number of benzene rings is 1. The molecule has 16 heavy (non-hydrogen) atoms. The Balaban J connectivity index is 2.27. The molecule has 0 aliphatic carbocycles. The highest BCUT2D eigenvalue weighted by atomic mass is 35.5. The molecule has 1 aromatic heterocycles. The van der Waals surface area contributed by atoms with Crippen LogP contribution in [0, 0.1) is 11.3 Å². The van der Waals surface area contributed by atoms with Crippen molar-refractivity contribution in [1.82, 2.24) is 9.55 Å². The van der Waals surface area contributed by atoms with Gasteiger partial charge in [-0.25, -0.2) is 4.98 Å². The second kappa shape index (κ2) is 4.56. The largest absolute Gasteiger partial charge is 0.316 e. The monoisotopic (exact) mass is 251 g/mol. The number of hydrogen-bond acceptors (Lipinski definition) is 2. The van der Waals surface area contributed by atoms with Crippen LogP contribution in [0.2, 0.25) is 10.3 Å². The molecule has 0 aliphatic heterocycles. The topological polar surface area (TPSA) is 41.6 Å². The van der Waals surface area contributed by atoms with Crippen LogP contribution in [0.15, 0.2) is 30.6 Å². The lowest BCUT2D eigenvalue weighted by atomic mass is 10.1. The molecule has 0 bridgehead atoms. The third-order valence-corrected chi connectivity index (χ3v) is 2.91. The average molecular weight is 252 g/mol. The molecule has 0 spiro atoms. The lowest BCUT2D eigenvalue weighted by molar-refractivity contribution is 0.798. The number of hydrogen-bond donors (Lipinski definition) is 0. The molecule has 2 rings (SSSR count). The van der Waals surface area contributed by atoms with Gasteiger partial charge in [0.25, 0.3) is 0 Å². The van der Waals surface area contributed by atoms with Crippen molar-refractivity contribution in [3.63, 3.8) is 0 Å². The minimum absolute atomic E-state index is 0.290. The standard InChI is InChI=1S/C11H7Cl2N3/c12-10-11(13)16(7-15-10)6-9-3-1-2-8(4-9)5-14/h1-4,7H,6H2. The average Bonchev–Trinajstić information content (AvgIpc) is 2.61. The first-order chi connectivity index (χ1) is 7.70. The van der Waals surface area contributed by atoms with E-state index >= 15 is 0 Å². The van der Waals surface area contributed by atoms with Gasteiger partial charge in [-0.15, -0.1) is 0 Å². The molecule has 3 nitrogen and oxygen atoms in total. The summed E-state index contributed by atoms with van der Waals surface area (Å²) in [5.74, 6) is 0. The molecule has 0 saturated carbocycles. The lowest BCUT2D eigenvalue weighted by Crippen LogP contribution is -1.98. The quantitative estimate of drug-likeness (QED) is 0.823. The zero-order valence-electron chi connectivity index (χ0n) is 8.19. The Morgan fingerprint density at radius 1 is 1.38 bits per heavy atom. The fourth-order valence-electron chi connectivity index (χ4n) is 1.39. The van der Waals surface area contributed by atoms with Crippen LogP contribution in [0.4, 0.5) is 0 Å². The predicted octanol–water partition coefficient (Wildman–Crippen LogP) is 3.11. The summed E-state index contributed by atoms with van der Waals surface area (Å²) in [5, 5.41) is 9.47. The molecule has 1 heterocycles. The third kappa shape index (κ3) is 2.19. The van der Waals surface area contributed by atoms with Crippen LogP contribution in [-0.2, 0) is 6.54 Å². The molecule has 80 valence electrons. The molecule has 0 N–H and O–H groups in total. The van der Waals surface area contributed by atoms with Gasteiger partial charge >= 0.3 is 0 Å². The number of nitriles is 1. The van der Waals surface area contributed by atoms with Crippen molar-refractivity contribution >= 4 is 23.2 Å². The first-order valence-electron chi connectivity index (χ1n) is 4.56. The zero-order valence-corrected chi connectivity index (χ0v) is 9.70. The minimum Gasteiger partial charge on any atom is -0.316 e. The molecular weight excluding hydrogens is 245 g/mol. The van der Waals surface area contributed by atoms with Crippen molar-refractivity contribution < 1.29 is 0 Å². The molecule has 2 aromatic rings. The number of halogens is 2. The number of imidazole rings is 1. The van der Waals surface area contributed by atoms with Crippen molar-refractivity contribution in [1.29, 1.82) is 5.26 Å². The Kier molecular flexibility index (Phi) is 3.14. The number of aromatic nitrogens is 2. The smallest absolute Gasteiger partial charge is 0.166 e. The summed E-state index contributed by atoms with van der Waals surface area (Å²) in [6.45, 7) is 0.550. The first-order valence-corrected chi connectivity index (χ1v) is 5.31. The van der Waals surface area contributed by atoms with Gasteiger partial charge in [-0.1, -0.05) is 35.3 Å². The van der Waals surface area contributed by atoms with E-state index in [1.54, 1.807) is 17.0 Å². The van der Waals surface area contributed by atoms with Crippen molar-refractivity contribution in [2.24, 2.45) is 0 Å². The summed E-state index contributed by atoms with van der Waals surface area (Å²) in [5.41, 5.74) is 1.61. The minimum atomic E-state index is 0.290. The van der Waals surface area contributed by atoms with Crippen molar-refractivity contribution in [2.75, 3.05) is 0 Å². The van der Waals surface area contributed by atoms with Crippen LogP contribution in [0.1, 0.15) is 11.1 Å². The van der Waals surface area contributed by atoms with E-state index in [9.17, 15) is 0 Å². The van der Waals surface area contributed by atoms with Crippen LogP contribution in [0.25, 0.3) is 0 Å². The van der Waals surface area contributed by atoms with E-state index < -0.39 is 0 Å². The Labute approximate surface area is 103 Å². The van der Waals surface area contributed by atoms with E-state index in [0.717, 1.165) is 5.56 Å². The van der Waals surface area contributed by atoms with E-state index in [1.165, 1.54) is 0 Å². The molecule has 0 fully saturated rings. The fraction of sp³-hybridized carbons (Fsp3) is 0.0909. The highest BCUT2D eigenvalue weighted by Gasteiger charge is 2.06. The summed E-state index contributed by atoms with van der Waals surface area (Å²) < 4.78 is 1.72. The SMILES string of the molecule is N#Cc1cccc(Cn2cnc(Cl)c2Cl)c1. The van der Waals surface area contributed by atoms with Crippen molar-refractivity contribution in [2.45, 2.75) is 6.54 Å². The van der Waals surface area contributed by atoms with E-state index in [1.807, 2.05) is 18.2 Å². The van der Waals surface area contributed by atoms with Gasteiger partial charge in [-0.3, -0.25) is 0 Å². The van der Waals surface area contributed by atoms with E-state index in [4.69, 9.17) is 28.5 Å². The van der Waals surface area contributed by atoms with Crippen molar-refractivity contribution in [3.8, 4) is 6.07 Å². The number of rotatable bonds is 2. The van der Waals surface area contributed by atoms with Gasteiger partial charge in [0.15, 0.2) is 5.15 Å². The molecule has 1 aromatic carbocycles. The fourth-order valence-corrected chi connectivity index (χ4v) is 1.69. The highest BCUT2D eigenvalue weighted by molar-refractivity contribution is 6.40. The van der Waals surface area contributed by atoms with Crippen LogP contribution in [0.3, 0.4) is 0 Å². The first kappa shape index (κ1) is 11.0. The van der Waals surface area contributed by atoms with Gasteiger partial charge in [-0.05, 0) is 17.7 Å². The van der Waals surface area contributed by atoms with Gasteiger partial charge in [0.05, 0.1) is 18.0 Å². The molecule has 5 heteroatoms. The molecule has 0 unspecified atom stereocenters. The van der Waals surface area contributed by atoms with Gasteiger partial charge in [-0.2, -0.15) is 5.26 Å². The van der Waals surface area contributed by atoms with Gasteiger partial charge in [0.2, 0.25) is 0 Å². The zero-order chi connectivity index (χ0) is 11.5. The molecule has 0 saturated heterocycles. The maximum Gasteiger partial charge on any atom is 0.166 e. The van der Waals surface area contributed by atoms with Crippen molar-refractivity contribution in [3.05, 3.63) is 52.0 Å². The second-order valence-corrected chi connectivity index (χ2v) is 3.98. The number of nitrogens with zero attached hydrogens (tertiary/aromatic N) is 3. The summed E-state index contributed by atoms with van der Waals surface area (Å²) in [6.07, 6.45) is 1.57. The van der Waals surface area contributed by atoms with Gasteiger partial charge in [0.1, 0.15) is 5.15 Å². The Morgan fingerprint density at radius 2 is 2.19 bits per heavy atom. The van der Waals surface area contributed by atoms with Crippen LogP contribution >= 0.6 is 23.2 Å². The molecule has 0 aliphatic rings. The molecular formula is C11H7Cl2N3. The maximum atomic E-state index is 8.77. The second-order valence-electron chi connectivity index (χ2n) is 3.27. The Bertz CT molecular complexity index is 555. The molecule has 0 atom stereocenters. The lowest BCUT2D eigenvalue weighted by Gasteiger charge is -2.04. The van der Waals surface area contributed by atoms with Gasteiger partial charge in [0, 0.05) is 6.54 Å².